The third-order valence-electron chi connectivity index (χ3n) is 4.78. The number of carbonyl (C=O) groups is 2. The number of benzene rings is 2. The molecule has 0 saturated heterocycles. The molecule has 0 fully saturated rings. The Labute approximate surface area is 195 Å². The number of pyridine rings is 1. The summed E-state index contributed by atoms with van der Waals surface area (Å²) >= 11 is 1.27. The minimum Gasteiger partial charge on any atom is -0.465 e. The molecule has 4 aromatic rings. The Morgan fingerprint density at radius 2 is 1.70 bits per heavy atom. The predicted molar refractivity (Wildman–Crippen MR) is 126 cm³/mol. The van der Waals surface area contributed by atoms with Crippen molar-refractivity contribution < 1.29 is 14.3 Å². The Morgan fingerprint density at radius 3 is 2.45 bits per heavy atom. The van der Waals surface area contributed by atoms with Gasteiger partial charge in [0.2, 0.25) is 5.91 Å². The molecule has 1 N–H and O–H groups in total. The number of para-hydroxylation sites is 1. The van der Waals surface area contributed by atoms with Crippen molar-refractivity contribution in [3.05, 3.63) is 90.3 Å². The number of methoxy groups -OCH3 is 1. The van der Waals surface area contributed by atoms with Crippen LogP contribution in [0.1, 0.15) is 15.9 Å². The molecule has 0 unspecified atom stereocenters. The van der Waals surface area contributed by atoms with E-state index in [0.29, 0.717) is 28.8 Å². The van der Waals surface area contributed by atoms with E-state index in [9.17, 15) is 9.59 Å². The molecule has 0 saturated carbocycles. The number of esters is 1. The van der Waals surface area contributed by atoms with Crippen LogP contribution in [0, 0.1) is 0 Å². The van der Waals surface area contributed by atoms with E-state index in [1.165, 1.54) is 18.9 Å². The van der Waals surface area contributed by atoms with Gasteiger partial charge in [-0.25, -0.2) is 4.79 Å². The number of ether oxygens (including phenoxy) is 1. The number of thioether (sulfide) groups is 1. The highest BCUT2D eigenvalue weighted by molar-refractivity contribution is 7.99. The van der Waals surface area contributed by atoms with E-state index < -0.39 is 5.97 Å². The maximum Gasteiger partial charge on any atom is 0.339 e. The van der Waals surface area contributed by atoms with Gasteiger partial charge < -0.3 is 10.1 Å². The van der Waals surface area contributed by atoms with Crippen molar-refractivity contribution in [2.45, 2.75) is 11.7 Å². The molecule has 1 amide bonds. The third-order valence-corrected chi connectivity index (χ3v) is 5.74. The van der Waals surface area contributed by atoms with Gasteiger partial charge >= 0.3 is 5.97 Å². The first kappa shape index (κ1) is 22.2. The topological polar surface area (TPSA) is 99.0 Å². The van der Waals surface area contributed by atoms with E-state index in [2.05, 4.69) is 20.5 Å². The average Bonchev–Trinajstić information content (AvgIpc) is 3.26. The maximum absolute atomic E-state index is 12.6. The monoisotopic (exact) mass is 459 g/mol. The van der Waals surface area contributed by atoms with Crippen LogP contribution < -0.4 is 5.32 Å². The van der Waals surface area contributed by atoms with Crippen LogP contribution in [-0.2, 0) is 16.1 Å². The van der Waals surface area contributed by atoms with E-state index in [-0.39, 0.29) is 11.7 Å². The van der Waals surface area contributed by atoms with Gasteiger partial charge in [-0.2, -0.15) is 0 Å². The summed E-state index contributed by atoms with van der Waals surface area (Å²) in [6.45, 7) is 0.556. The Balaban J connectivity index is 1.53. The molecule has 8 nitrogen and oxygen atoms in total. The standard InChI is InChI=1S/C24H21N5O3S/c1-32-23(31)19-9-5-6-10-20(19)26-21(30)16-33-24-28-27-22(18-11-13-25-14-12-18)29(24)15-17-7-3-2-4-8-17/h2-14H,15-16H2,1H3,(H,26,30). The molecule has 2 aromatic heterocycles. The molecule has 4 rings (SSSR count). The fraction of sp³-hybridized carbons (Fsp3) is 0.125. The Bertz CT molecular complexity index is 1250. The zero-order chi connectivity index (χ0) is 23.0. The van der Waals surface area contributed by atoms with Gasteiger partial charge in [0.1, 0.15) is 0 Å². The average molecular weight is 460 g/mol. The maximum atomic E-state index is 12.6. The first-order chi connectivity index (χ1) is 16.2. The smallest absolute Gasteiger partial charge is 0.339 e. The summed E-state index contributed by atoms with van der Waals surface area (Å²) < 4.78 is 6.76. The first-order valence-electron chi connectivity index (χ1n) is 10.1. The number of nitrogens with one attached hydrogen (secondary N) is 1. The van der Waals surface area contributed by atoms with Crippen LogP contribution in [0.15, 0.2) is 84.3 Å². The number of anilines is 1. The highest BCUT2D eigenvalue weighted by Crippen LogP contribution is 2.25. The molecule has 2 aromatic carbocycles. The van der Waals surface area contributed by atoms with Crippen LogP contribution in [0.5, 0.6) is 0 Å². The highest BCUT2D eigenvalue weighted by atomic mass is 32.2. The van der Waals surface area contributed by atoms with Crippen molar-refractivity contribution in [3.63, 3.8) is 0 Å². The van der Waals surface area contributed by atoms with Gasteiger partial charge in [-0.1, -0.05) is 54.2 Å². The second-order valence-electron chi connectivity index (χ2n) is 6.99. The second-order valence-corrected chi connectivity index (χ2v) is 7.93. The van der Waals surface area contributed by atoms with Crippen molar-refractivity contribution in [2.75, 3.05) is 18.2 Å². The summed E-state index contributed by atoms with van der Waals surface area (Å²) in [6, 6.07) is 20.4. The molecule has 0 spiro atoms. The van der Waals surface area contributed by atoms with Gasteiger partial charge in [0.15, 0.2) is 11.0 Å². The van der Waals surface area contributed by atoms with Gasteiger partial charge in [0.25, 0.3) is 0 Å². The second kappa shape index (κ2) is 10.6. The number of nitrogens with zero attached hydrogens (tertiary/aromatic N) is 4. The van der Waals surface area contributed by atoms with Gasteiger partial charge in [-0.05, 0) is 29.8 Å². The quantitative estimate of drug-likeness (QED) is 0.315. The van der Waals surface area contributed by atoms with E-state index in [0.717, 1.165) is 11.1 Å². The van der Waals surface area contributed by atoms with Crippen LogP contribution in [0.25, 0.3) is 11.4 Å². The number of aromatic nitrogens is 4. The first-order valence-corrected chi connectivity index (χ1v) is 11.1. The zero-order valence-electron chi connectivity index (χ0n) is 17.8. The Hall–Kier alpha value is -3.98. The molecular weight excluding hydrogens is 438 g/mol. The van der Waals surface area contributed by atoms with Crippen LogP contribution >= 0.6 is 11.8 Å². The Kier molecular flexibility index (Phi) is 7.11. The third kappa shape index (κ3) is 5.45. The van der Waals surface area contributed by atoms with E-state index in [1.54, 1.807) is 36.7 Å². The molecule has 0 atom stereocenters. The van der Waals surface area contributed by atoms with Gasteiger partial charge in [0, 0.05) is 18.0 Å². The minimum absolute atomic E-state index is 0.0960. The zero-order valence-corrected chi connectivity index (χ0v) is 18.7. The van der Waals surface area contributed by atoms with Gasteiger partial charge in [-0.15, -0.1) is 10.2 Å². The van der Waals surface area contributed by atoms with E-state index >= 15 is 0 Å². The lowest BCUT2D eigenvalue weighted by molar-refractivity contribution is -0.113. The lowest BCUT2D eigenvalue weighted by Crippen LogP contribution is -2.17. The highest BCUT2D eigenvalue weighted by Gasteiger charge is 2.18. The summed E-state index contributed by atoms with van der Waals surface area (Å²) in [5.74, 6) is 0.0121. The molecule has 166 valence electrons. The lowest BCUT2D eigenvalue weighted by atomic mass is 10.2. The lowest BCUT2D eigenvalue weighted by Gasteiger charge is -2.11. The molecule has 33 heavy (non-hydrogen) atoms. The SMILES string of the molecule is COC(=O)c1ccccc1NC(=O)CSc1nnc(-c2ccncc2)n1Cc1ccccc1. The molecule has 0 aliphatic rings. The van der Waals surface area contributed by atoms with Crippen LogP contribution in [-0.4, -0.2) is 44.5 Å². The molecule has 0 aliphatic carbocycles. The fourth-order valence-electron chi connectivity index (χ4n) is 3.22. The molecule has 0 aliphatic heterocycles. The largest absolute Gasteiger partial charge is 0.465 e. The summed E-state index contributed by atoms with van der Waals surface area (Å²) in [6.07, 6.45) is 3.41. The predicted octanol–water partition coefficient (Wildman–Crippen LogP) is 3.91. The summed E-state index contributed by atoms with van der Waals surface area (Å²) in [5.41, 5.74) is 2.67. The number of rotatable bonds is 8. The minimum atomic E-state index is -0.511. The van der Waals surface area contributed by atoms with Gasteiger partial charge in [-0.3, -0.25) is 14.3 Å². The molecular formula is C24H21N5O3S. The van der Waals surface area contributed by atoms with Crippen molar-refractivity contribution in [1.82, 2.24) is 19.7 Å². The van der Waals surface area contributed by atoms with Crippen molar-refractivity contribution in [3.8, 4) is 11.4 Å². The van der Waals surface area contributed by atoms with Crippen molar-refractivity contribution in [2.24, 2.45) is 0 Å². The summed E-state index contributed by atoms with van der Waals surface area (Å²) in [5, 5.41) is 12.1. The molecule has 0 radical (unpaired) electrons. The summed E-state index contributed by atoms with van der Waals surface area (Å²) in [7, 11) is 1.30. The van der Waals surface area contributed by atoms with E-state index in [1.807, 2.05) is 47.0 Å². The summed E-state index contributed by atoms with van der Waals surface area (Å²) in [4.78, 5) is 28.7. The molecule has 0 bridgehead atoms. The van der Waals surface area contributed by atoms with Gasteiger partial charge in [0.05, 0.1) is 30.7 Å². The molecule has 9 heteroatoms. The van der Waals surface area contributed by atoms with Crippen molar-refractivity contribution in [1.29, 1.82) is 0 Å². The van der Waals surface area contributed by atoms with Crippen LogP contribution in [0.2, 0.25) is 0 Å². The van der Waals surface area contributed by atoms with Crippen LogP contribution in [0.3, 0.4) is 0 Å². The number of hydrogen-bond acceptors (Lipinski definition) is 7. The Morgan fingerprint density at radius 1 is 0.970 bits per heavy atom. The fourth-order valence-corrected chi connectivity index (χ4v) is 3.95. The normalized spacial score (nSPS) is 10.6. The van der Waals surface area contributed by atoms with Crippen LogP contribution in [0.4, 0.5) is 5.69 Å². The van der Waals surface area contributed by atoms with E-state index in [4.69, 9.17) is 4.74 Å². The van der Waals surface area contributed by atoms with Crippen molar-refractivity contribution >= 4 is 29.3 Å². The number of amides is 1. The number of hydrogen-bond donors (Lipinski definition) is 1. The molecule has 2 heterocycles. The number of carbonyl (C=O) groups excluding carboxylic acids is 2.